The van der Waals surface area contributed by atoms with E-state index >= 15 is 0 Å². The molecule has 0 radical (unpaired) electrons. The van der Waals surface area contributed by atoms with Crippen molar-refractivity contribution in [2.24, 2.45) is 0 Å². The molecule has 1 N–H and O–H groups in total. The van der Waals surface area contributed by atoms with Crippen molar-refractivity contribution in [3.63, 3.8) is 0 Å². The minimum Gasteiger partial charge on any atom is -0.490 e. The summed E-state index contributed by atoms with van der Waals surface area (Å²) in [6, 6.07) is 9.15. The summed E-state index contributed by atoms with van der Waals surface area (Å²) in [5.74, 6) is 0.457. The van der Waals surface area contributed by atoms with Gasteiger partial charge < -0.3 is 14.8 Å². The number of halogens is 1. The lowest BCUT2D eigenvalue weighted by Crippen LogP contribution is -2.30. The van der Waals surface area contributed by atoms with Crippen molar-refractivity contribution in [3.05, 3.63) is 67.8 Å². The number of benzene rings is 2. The monoisotopic (exact) mass is 489 g/mol. The Morgan fingerprint density at radius 3 is 2.61 bits per heavy atom. The first-order valence-corrected chi connectivity index (χ1v) is 10.3. The van der Waals surface area contributed by atoms with Gasteiger partial charge in [-0.25, -0.2) is 4.79 Å². The molecule has 31 heavy (non-hydrogen) atoms. The minimum absolute atomic E-state index is 0.0171. The summed E-state index contributed by atoms with van der Waals surface area (Å²) < 4.78 is 12.1. The predicted molar refractivity (Wildman–Crippen MR) is 117 cm³/mol. The van der Waals surface area contributed by atoms with Crippen LogP contribution in [-0.4, -0.2) is 34.9 Å². The highest BCUT2D eigenvalue weighted by molar-refractivity contribution is 9.10. The van der Waals surface area contributed by atoms with E-state index < -0.39 is 16.9 Å². The molecule has 0 atom stereocenters. The molecule has 162 valence electrons. The number of carbonyl (C=O) groups is 2. The third-order valence-corrected chi connectivity index (χ3v) is 5.01. The summed E-state index contributed by atoms with van der Waals surface area (Å²) >= 11 is 3.46. The molecule has 1 aliphatic rings. The summed E-state index contributed by atoms with van der Waals surface area (Å²) in [6.45, 7) is 4.29. The molecule has 1 heterocycles. The Bertz CT molecular complexity index is 1070. The van der Waals surface area contributed by atoms with Gasteiger partial charge in [-0.15, -0.1) is 0 Å². The maximum atomic E-state index is 12.3. The largest absolute Gasteiger partial charge is 0.490 e. The number of rotatable bonds is 8. The zero-order valence-corrected chi connectivity index (χ0v) is 18.5. The first-order chi connectivity index (χ1) is 14.8. The van der Waals surface area contributed by atoms with E-state index in [2.05, 4.69) is 21.2 Å². The molecule has 3 rings (SSSR count). The molecule has 10 heteroatoms. The second-order valence-electron chi connectivity index (χ2n) is 6.52. The van der Waals surface area contributed by atoms with Crippen LogP contribution in [0.1, 0.15) is 25.0 Å². The first-order valence-electron chi connectivity index (χ1n) is 9.51. The summed E-state index contributed by atoms with van der Waals surface area (Å²) in [5.41, 5.74) is 1.41. The maximum Gasteiger partial charge on any atom is 0.328 e. The van der Waals surface area contributed by atoms with Crippen molar-refractivity contribution in [2.45, 2.75) is 20.5 Å². The van der Waals surface area contributed by atoms with Crippen LogP contribution in [0.2, 0.25) is 0 Å². The Balaban J connectivity index is 1.86. The fourth-order valence-corrected chi connectivity index (χ4v) is 3.59. The van der Waals surface area contributed by atoms with Gasteiger partial charge in [0.05, 0.1) is 16.0 Å². The second kappa shape index (κ2) is 9.61. The number of nitrogens with one attached hydrogen (secondary N) is 1. The van der Waals surface area contributed by atoms with Crippen LogP contribution in [0.5, 0.6) is 11.5 Å². The van der Waals surface area contributed by atoms with Crippen molar-refractivity contribution in [2.75, 3.05) is 13.2 Å². The Morgan fingerprint density at radius 1 is 1.19 bits per heavy atom. The van der Waals surface area contributed by atoms with Crippen LogP contribution in [0.25, 0.3) is 6.08 Å². The Morgan fingerprint density at radius 2 is 1.97 bits per heavy atom. The van der Waals surface area contributed by atoms with E-state index in [-0.39, 0.29) is 24.5 Å². The molecule has 9 nitrogen and oxygen atoms in total. The highest BCUT2D eigenvalue weighted by atomic mass is 79.9. The van der Waals surface area contributed by atoms with Gasteiger partial charge in [-0.3, -0.25) is 19.8 Å². The number of hydrogen-bond donors (Lipinski definition) is 1. The van der Waals surface area contributed by atoms with Crippen molar-refractivity contribution in [1.82, 2.24) is 10.2 Å². The number of hydrogen-bond acceptors (Lipinski definition) is 6. The fourth-order valence-electron chi connectivity index (χ4n) is 3.02. The normalized spacial score (nSPS) is 14.7. The standard InChI is InChI=1S/C21H20BrN3O6/c1-3-24-20(26)17(23-21(24)27)10-14-9-16(22)19(18(11-14)30-4-2)31-12-13-6-5-7-15(8-13)25(28)29/h5-11H,3-4,12H2,1-2H3,(H,23,27). The van der Waals surface area contributed by atoms with Gasteiger partial charge in [0.15, 0.2) is 11.5 Å². The lowest BCUT2D eigenvalue weighted by atomic mass is 10.1. The van der Waals surface area contributed by atoms with Crippen molar-refractivity contribution >= 4 is 39.6 Å². The Kier molecular flexibility index (Phi) is 6.91. The molecule has 0 spiro atoms. The van der Waals surface area contributed by atoms with Crippen LogP contribution in [0.3, 0.4) is 0 Å². The molecule has 2 aromatic rings. The number of nitro benzene ring substituents is 1. The number of carbonyl (C=O) groups excluding carboxylic acids is 2. The topological polar surface area (TPSA) is 111 Å². The van der Waals surface area contributed by atoms with E-state index in [9.17, 15) is 19.7 Å². The van der Waals surface area contributed by atoms with Crippen LogP contribution < -0.4 is 14.8 Å². The molecule has 1 aliphatic heterocycles. The van der Waals surface area contributed by atoms with Gasteiger partial charge in [0.2, 0.25) is 0 Å². The molecule has 1 fully saturated rings. The summed E-state index contributed by atoms with van der Waals surface area (Å²) in [7, 11) is 0. The van der Waals surface area contributed by atoms with Crippen LogP contribution in [-0.2, 0) is 11.4 Å². The van der Waals surface area contributed by atoms with Crippen LogP contribution in [0, 0.1) is 10.1 Å². The summed E-state index contributed by atoms with van der Waals surface area (Å²) in [5, 5.41) is 13.5. The van der Waals surface area contributed by atoms with Gasteiger partial charge in [-0.1, -0.05) is 12.1 Å². The van der Waals surface area contributed by atoms with E-state index in [1.54, 1.807) is 37.3 Å². The third-order valence-electron chi connectivity index (χ3n) is 4.43. The van der Waals surface area contributed by atoms with Crippen molar-refractivity contribution in [1.29, 1.82) is 0 Å². The molecular formula is C21H20BrN3O6. The number of nitrogens with zero attached hydrogens (tertiary/aromatic N) is 2. The van der Waals surface area contributed by atoms with E-state index in [0.29, 0.717) is 33.7 Å². The number of amides is 3. The van der Waals surface area contributed by atoms with Gasteiger partial charge in [-0.2, -0.15) is 0 Å². The average Bonchev–Trinajstić information content (AvgIpc) is 3.00. The predicted octanol–water partition coefficient (Wildman–Crippen LogP) is 4.25. The zero-order valence-electron chi connectivity index (χ0n) is 16.9. The number of imide groups is 1. The van der Waals surface area contributed by atoms with E-state index in [0.717, 1.165) is 4.90 Å². The molecule has 0 aliphatic carbocycles. The molecule has 3 amide bonds. The SMILES string of the molecule is CCOc1cc(C=C2NC(=O)N(CC)C2=O)cc(Br)c1OCc1cccc([N+](=O)[O-])c1. The smallest absolute Gasteiger partial charge is 0.328 e. The molecule has 1 saturated heterocycles. The van der Waals surface area contributed by atoms with Crippen LogP contribution >= 0.6 is 15.9 Å². The van der Waals surface area contributed by atoms with Gasteiger partial charge in [0, 0.05) is 18.7 Å². The summed E-state index contributed by atoms with van der Waals surface area (Å²) in [4.78, 5) is 35.8. The maximum absolute atomic E-state index is 12.3. The first kappa shape index (κ1) is 22.3. The number of likely N-dealkylation sites (N-methyl/N-ethyl adjacent to an activating group) is 1. The molecule has 0 bridgehead atoms. The molecule has 0 aromatic heterocycles. The quantitative estimate of drug-likeness (QED) is 0.256. The van der Waals surface area contributed by atoms with Crippen molar-refractivity contribution < 1.29 is 24.0 Å². The van der Waals surface area contributed by atoms with Crippen LogP contribution in [0.15, 0.2) is 46.6 Å². The van der Waals surface area contributed by atoms with Gasteiger partial charge in [0.25, 0.3) is 11.6 Å². The number of urea groups is 1. The Labute approximate surface area is 186 Å². The summed E-state index contributed by atoms with van der Waals surface area (Å²) in [6.07, 6.45) is 1.56. The lowest BCUT2D eigenvalue weighted by Gasteiger charge is -2.15. The van der Waals surface area contributed by atoms with Gasteiger partial charge in [0.1, 0.15) is 12.3 Å². The van der Waals surface area contributed by atoms with E-state index in [1.807, 2.05) is 6.92 Å². The lowest BCUT2D eigenvalue weighted by molar-refractivity contribution is -0.384. The average molecular weight is 490 g/mol. The van der Waals surface area contributed by atoms with Gasteiger partial charge in [-0.05, 0) is 59.1 Å². The number of ether oxygens (including phenoxy) is 2. The van der Waals surface area contributed by atoms with Crippen molar-refractivity contribution in [3.8, 4) is 11.5 Å². The minimum atomic E-state index is -0.462. The van der Waals surface area contributed by atoms with E-state index in [4.69, 9.17) is 9.47 Å². The van der Waals surface area contributed by atoms with Crippen LogP contribution in [0.4, 0.5) is 10.5 Å². The van der Waals surface area contributed by atoms with E-state index in [1.165, 1.54) is 12.1 Å². The molecule has 2 aromatic carbocycles. The Hall–Kier alpha value is -3.40. The highest BCUT2D eigenvalue weighted by Gasteiger charge is 2.32. The zero-order chi connectivity index (χ0) is 22.5. The highest BCUT2D eigenvalue weighted by Crippen LogP contribution is 2.38. The molecule has 0 saturated carbocycles. The number of non-ortho nitro benzene ring substituents is 1. The fraction of sp³-hybridized carbons (Fsp3) is 0.238. The van der Waals surface area contributed by atoms with Gasteiger partial charge >= 0.3 is 6.03 Å². The molecular weight excluding hydrogens is 470 g/mol. The second-order valence-corrected chi connectivity index (χ2v) is 7.37. The third kappa shape index (κ3) is 5.02. The molecule has 0 unspecified atom stereocenters. The number of nitro groups is 1.